The average Bonchev–Trinajstić information content (AvgIpc) is 2.34. The maximum absolute atomic E-state index is 12.7. The van der Waals surface area contributed by atoms with E-state index in [1.807, 2.05) is 20.8 Å². The van der Waals surface area contributed by atoms with E-state index in [0.29, 0.717) is 25.4 Å². The Morgan fingerprint density at radius 2 is 1.95 bits per heavy atom. The number of ether oxygens (including phenoxy) is 1. The zero-order valence-electron chi connectivity index (χ0n) is 11.5. The molecule has 1 aromatic carbocycles. The second-order valence-corrected chi connectivity index (χ2v) is 6.87. The summed E-state index contributed by atoms with van der Waals surface area (Å²) < 4.78 is 32.1. The van der Waals surface area contributed by atoms with Crippen LogP contribution in [0.1, 0.15) is 18.1 Å². The summed E-state index contributed by atoms with van der Waals surface area (Å²) in [5, 5.41) is 0. The van der Waals surface area contributed by atoms with Gasteiger partial charge in [0.25, 0.3) is 0 Å². The molecule has 2 rings (SSSR count). The average molecular weight is 284 g/mol. The van der Waals surface area contributed by atoms with E-state index in [2.05, 4.69) is 0 Å². The van der Waals surface area contributed by atoms with Crippen molar-refractivity contribution < 1.29 is 13.2 Å². The van der Waals surface area contributed by atoms with Gasteiger partial charge in [-0.2, -0.15) is 4.31 Å². The number of benzene rings is 1. The minimum atomic E-state index is -3.55. The summed E-state index contributed by atoms with van der Waals surface area (Å²) in [6, 6.07) is 3.20. The number of hydrogen-bond donors (Lipinski definition) is 1. The molecule has 2 N–H and O–H groups in total. The third kappa shape index (κ3) is 2.61. The number of nitrogens with zero attached hydrogens (tertiary/aromatic N) is 1. The van der Waals surface area contributed by atoms with Crippen LogP contribution in [0, 0.1) is 13.8 Å². The van der Waals surface area contributed by atoms with Crippen LogP contribution in [0.25, 0.3) is 0 Å². The molecule has 0 aromatic heterocycles. The predicted octanol–water partition coefficient (Wildman–Crippen LogP) is 1.30. The van der Waals surface area contributed by atoms with Crippen molar-refractivity contribution in [3.63, 3.8) is 0 Å². The number of aryl methyl sites for hydroxylation is 2. The smallest absolute Gasteiger partial charge is 0.245 e. The summed E-state index contributed by atoms with van der Waals surface area (Å²) in [5.74, 6) is 0. The molecule has 1 aromatic rings. The van der Waals surface area contributed by atoms with Crippen LogP contribution in [-0.2, 0) is 14.8 Å². The Morgan fingerprint density at radius 1 is 1.32 bits per heavy atom. The van der Waals surface area contributed by atoms with Crippen molar-refractivity contribution in [2.75, 3.05) is 25.5 Å². The molecule has 6 heteroatoms. The van der Waals surface area contributed by atoms with Crippen LogP contribution < -0.4 is 5.73 Å². The van der Waals surface area contributed by atoms with Gasteiger partial charge in [-0.15, -0.1) is 0 Å². The predicted molar refractivity (Wildman–Crippen MR) is 74.5 cm³/mol. The SMILES string of the molecule is Cc1cc(N)c(S(=O)(=O)N2CCOC[C@H]2C)cc1C. The molecule has 106 valence electrons. The molecule has 1 saturated heterocycles. The van der Waals surface area contributed by atoms with Crippen molar-refractivity contribution in [3.8, 4) is 0 Å². The second-order valence-electron chi connectivity index (χ2n) is 5.01. The minimum absolute atomic E-state index is 0.167. The number of rotatable bonds is 2. The lowest BCUT2D eigenvalue weighted by Gasteiger charge is -2.32. The largest absolute Gasteiger partial charge is 0.398 e. The van der Waals surface area contributed by atoms with Crippen LogP contribution in [-0.4, -0.2) is 38.5 Å². The van der Waals surface area contributed by atoms with Crippen molar-refractivity contribution >= 4 is 15.7 Å². The number of morpholine rings is 1. The van der Waals surface area contributed by atoms with Gasteiger partial charge in [0, 0.05) is 12.6 Å². The number of nitrogen functional groups attached to an aromatic ring is 1. The van der Waals surface area contributed by atoms with E-state index in [4.69, 9.17) is 10.5 Å². The monoisotopic (exact) mass is 284 g/mol. The zero-order valence-corrected chi connectivity index (χ0v) is 12.3. The van der Waals surface area contributed by atoms with E-state index in [-0.39, 0.29) is 10.9 Å². The Kier molecular flexibility index (Phi) is 3.85. The van der Waals surface area contributed by atoms with E-state index in [0.717, 1.165) is 11.1 Å². The summed E-state index contributed by atoms with van der Waals surface area (Å²) in [7, 11) is -3.55. The highest BCUT2D eigenvalue weighted by molar-refractivity contribution is 7.89. The molecular weight excluding hydrogens is 264 g/mol. The summed E-state index contributed by atoms with van der Waals surface area (Å²) in [5.41, 5.74) is 8.12. The molecule has 1 aliphatic heterocycles. The lowest BCUT2D eigenvalue weighted by atomic mass is 10.1. The van der Waals surface area contributed by atoms with Gasteiger partial charge in [0.15, 0.2) is 0 Å². The lowest BCUT2D eigenvalue weighted by Crippen LogP contribution is -2.47. The Morgan fingerprint density at radius 3 is 2.58 bits per heavy atom. The van der Waals surface area contributed by atoms with Gasteiger partial charge in [0.05, 0.1) is 18.9 Å². The van der Waals surface area contributed by atoms with Crippen LogP contribution in [0.15, 0.2) is 17.0 Å². The van der Waals surface area contributed by atoms with Crippen LogP contribution in [0.4, 0.5) is 5.69 Å². The maximum Gasteiger partial charge on any atom is 0.245 e. The fourth-order valence-electron chi connectivity index (χ4n) is 2.23. The van der Waals surface area contributed by atoms with Gasteiger partial charge >= 0.3 is 0 Å². The first-order chi connectivity index (χ1) is 8.84. The maximum atomic E-state index is 12.7. The molecule has 1 fully saturated rings. The first-order valence-electron chi connectivity index (χ1n) is 6.30. The Balaban J connectivity index is 2.47. The Labute approximate surface area is 114 Å². The molecule has 0 bridgehead atoms. The molecule has 0 aliphatic carbocycles. The number of nitrogens with two attached hydrogens (primary N) is 1. The van der Waals surface area contributed by atoms with Crippen molar-refractivity contribution in [3.05, 3.63) is 23.3 Å². The number of anilines is 1. The Hall–Kier alpha value is -1.11. The highest BCUT2D eigenvalue weighted by atomic mass is 32.2. The normalized spacial score (nSPS) is 21.5. The molecule has 0 unspecified atom stereocenters. The van der Waals surface area contributed by atoms with Gasteiger partial charge in [-0.1, -0.05) is 0 Å². The number of hydrogen-bond acceptors (Lipinski definition) is 4. The van der Waals surface area contributed by atoms with Gasteiger partial charge in [0.1, 0.15) is 4.90 Å². The quantitative estimate of drug-likeness (QED) is 0.831. The van der Waals surface area contributed by atoms with Crippen molar-refractivity contribution in [1.82, 2.24) is 4.31 Å². The zero-order chi connectivity index (χ0) is 14.2. The number of sulfonamides is 1. The van der Waals surface area contributed by atoms with E-state index >= 15 is 0 Å². The molecule has 0 amide bonds. The summed E-state index contributed by atoms with van der Waals surface area (Å²) in [6.07, 6.45) is 0. The van der Waals surface area contributed by atoms with E-state index in [9.17, 15) is 8.42 Å². The lowest BCUT2D eigenvalue weighted by molar-refractivity contribution is 0.0393. The molecule has 1 heterocycles. The third-order valence-electron chi connectivity index (χ3n) is 3.52. The fourth-order valence-corrected chi connectivity index (χ4v) is 4.02. The second kappa shape index (κ2) is 5.11. The molecular formula is C13H20N2O3S. The van der Waals surface area contributed by atoms with Gasteiger partial charge in [-0.3, -0.25) is 0 Å². The molecule has 0 saturated carbocycles. The summed E-state index contributed by atoms with van der Waals surface area (Å²) >= 11 is 0. The van der Waals surface area contributed by atoms with E-state index in [1.165, 1.54) is 4.31 Å². The molecule has 1 aliphatic rings. The van der Waals surface area contributed by atoms with Gasteiger partial charge < -0.3 is 10.5 Å². The highest BCUT2D eigenvalue weighted by Gasteiger charge is 2.32. The standard InChI is InChI=1S/C13H20N2O3S/c1-9-6-12(14)13(7-10(9)2)19(16,17)15-4-5-18-8-11(15)3/h6-7,11H,4-5,8,14H2,1-3H3/t11-/m1/s1. The summed E-state index contributed by atoms with van der Waals surface area (Å²) in [4.78, 5) is 0.198. The van der Waals surface area contributed by atoms with E-state index < -0.39 is 10.0 Å². The van der Waals surface area contributed by atoms with E-state index in [1.54, 1.807) is 12.1 Å². The molecule has 1 atom stereocenters. The third-order valence-corrected chi connectivity index (χ3v) is 5.59. The fraction of sp³-hybridized carbons (Fsp3) is 0.538. The van der Waals surface area contributed by atoms with Crippen molar-refractivity contribution in [2.45, 2.75) is 31.7 Å². The minimum Gasteiger partial charge on any atom is -0.398 e. The van der Waals surface area contributed by atoms with Crippen LogP contribution in [0.3, 0.4) is 0 Å². The topological polar surface area (TPSA) is 72.6 Å². The van der Waals surface area contributed by atoms with Crippen LogP contribution >= 0.6 is 0 Å². The van der Waals surface area contributed by atoms with Gasteiger partial charge in [0.2, 0.25) is 10.0 Å². The highest BCUT2D eigenvalue weighted by Crippen LogP contribution is 2.27. The molecule has 5 nitrogen and oxygen atoms in total. The first kappa shape index (κ1) is 14.3. The van der Waals surface area contributed by atoms with Gasteiger partial charge in [-0.05, 0) is 44.0 Å². The molecule has 19 heavy (non-hydrogen) atoms. The Bertz CT molecular complexity index is 584. The van der Waals surface area contributed by atoms with Gasteiger partial charge in [-0.25, -0.2) is 8.42 Å². The summed E-state index contributed by atoms with van der Waals surface area (Å²) in [6.45, 7) is 6.86. The van der Waals surface area contributed by atoms with Crippen LogP contribution in [0.2, 0.25) is 0 Å². The van der Waals surface area contributed by atoms with Crippen LogP contribution in [0.5, 0.6) is 0 Å². The van der Waals surface area contributed by atoms with Crippen molar-refractivity contribution in [1.29, 1.82) is 0 Å². The molecule has 0 spiro atoms. The van der Waals surface area contributed by atoms with Crippen molar-refractivity contribution in [2.24, 2.45) is 0 Å². The first-order valence-corrected chi connectivity index (χ1v) is 7.74. The molecule has 0 radical (unpaired) electrons.